The van der Waals surface area contributed by atoms with Gasteiger partial charge in [-0.2, -0.15) is 4.31 Å². The predicted octanol–water partition coefficient (Wildman–Crippen LogP) is 0.707. The Morgan fingerprint density at radius 1 is 1.06 bits per heavy atom. The Hall–Kier alpha value is -2.96. The number of carbonyl (C=O) groups is 2. The molecule has 11 nitrogen and oxygen atoms in total. The summed E-state index contributed by atoms with van der Waals surface area (Å²) in [7, 11) is -1.15. The normalized spacial score (nSPS) is 14.6. The monoisotopic (exact) mass is 498 g/mol. The number of sulfonamides is 1. The van der Waals surface area contributed by atoms with Gasteiger partial charge in [0, 0.05) is 33.3 Å². The first-order valence-corrected chi connectivity index (χ1v) is 11.9. The maximum absolute atomic E-state index is 12.9. The van der Waals surface area contributed by atoms with Gasteiger partial charge in [-0.3, -0.25) is 18.7 Å². The van der Waals surface area contributed by atoms with E-state index in [0.717, 1.165) is 40.5 Å². The fourth-order valence-electron chi connectivity index (χ4n) is 3.32. The number of anilines is 1. The van der Waals surface area contributed by atoms with Crippen molar-refractivity contribution in [3.8, 4) is 0 Å². The molecule has 1 fully saturated rings. The number of amides is 1. The third-order valence-corrected chi connectivity index (χ3v) is 7.46. The van der Waals surface area contributed by atoms with Crippen LogP contribution < -0.4 is 16.6 Å². The number of carbonyl (C=O) groups excluding carboxylic acids is 2. The number of nitrogens with zero attached hydrogens (tertiary/aromatic N) is 3. The molecule has 0 bridgehead atoms. The van der Waals surface area contributed by atoms with Crippen LogP contribution in [0, 0.1) is 0 Å². The van der Waals surface area contributed by atoms with Gasteiger partial charge >= 0.3 is 11.7 Å². The Balaban J connectivity index is 1.72. The fourth-order valence-corrected chi connectivity index (χ4v) is 5.05. The number of piperidine rings is 1. The molecule has 0 unspecified atom stereocenters. The summed E-state index contributed by atoms with van der Waals surface area (Å²) in [4.78, 5) is 48.3. The first kappa shape index (κ1) is 24.7. The summed E-state index contributed by atoms with van der Waals surface area (Å²) in [6, 6.07) is 4.76. The van der Waals surface area contributed by atoms with Gasteiger partial charge in [-0.25, -0.2) is 18.0 Å². The maximum Gasteiger partial charge on any atom is 0.340 e. The minimum atomic E-state index is -3.80. The zero-order valence-electron chi connectivity index (χ0n) is 18.0. The molecular weight excluding hydrogens is 476 g/mol. The molecule has 3 rings (SSSR count). The van der Waals surface area contributed by atoms with E-state index in [0.29, 0.717) is 13.1 Å². The van der Waals surface area contributed by atoms with Crippen LogP contribution in [0.1, 0.15) is 29.6 Å². The Morgan fingerprint density at radius 2 is 1.73 bits per heavy atom. The smallest absolute Gasteiger partial charge is 0.340 e. The molecule has 2 heterocycles. The van der Waals surface area contributed by atoms with E-state index in [1.165, 1.54) is 30.5 Å². The lowest BCUT2D eigenvalue weighted by molar-refractivity contribution is -0.119. The van der Waals surface area contributed by atoms with Gasteiger partial charge in [-0.15, -0.1) is 0 Å². The molecule has 1 aromatic carbocycles. The largest absolute Gasteiger partial charge is 0.452 e. The SMILES string of the molecule is Cn1c(NC(=O)COC(=O)c2cc(S(=O)(=O)N3CCCCC3)ccc2Cl)cc(=O)n(C)c1=O. The van der Waals surface area contributed by atoms with Gasteiger partial charge in [0.1, 0.15) is 5.82 Å². The molecule has 0 spiro atoms. The summed E-state index contributed by atoms with van der Waals surface area (Å²) in [5.74, 6) is -1.87. The number of halogens is 1. The molecule has 1 N–H and O–H groups in total. The highest BCUT2D eigenvalue weighted by molar-refractivity contribution is 7.89. The van der Waals surface area contributed by atoms with Crippen molar-refractivity contribution in [3.05, 3.63) is 55.7 Å². The number of rotatable bonds is 6. The van der Waals surface area contributed by atoms with E-state index in [1.807, 2.05) is 0 Å². The predicted molar refractivity (Wildman–Crippen MR) is 120 cm³/mol. The number of benzene rings is 1. The summed E-state index contributed by atoms with van der Waals surface area (Å²) in [5, 5.41) is 2.28. The molecule has 13 heteroatoms. The molecule has 0 saturated carbocycles. The Kier molecular flexibility index (Phi) is 7.40. The van der Waals surface area contributed by atoms with Gasteiger partial charge in [0.2, 0.25) is 10.0 Å². The van der Waals surface area contributed by atoms with Crippen LogP contribution in [0.4, 0.5) is 5.82 Å². The van der Waals surface area contributed by atoms with Crippen LogP contribution in [0.15, 0.2) is 38.8 Å². The molecule has 1 amide bonds. The second kappa shape index (κ2) is 9.89. The van der Waals surface area contributed by atoms with Crippen molar-refractivity contribution in [1.82, 2.24) is 13.4 Å². The quantitative estimate of drug-likeness (QED) is 0.579. The van der Waals surface area contributed by atoms with Crippen LogP contribution in [0.3, 0.4) is 0 Å². The van der Waals surface area contributed by atoms with Gasteiger partial charge in [-0.05, 0) is 31.0 Å². The molecule has 33 heavy (non-hydrogen) atoms. The molecule has 1 aromatic heterocycles. The van der Waals surface area contributed by atoms with E-state index < -0.39 is 39.8 Å². The van der Waals surface area contributed by atoms with E-state index in [1.54, 1.807) is 0 Å². The van der Waals surface area contributed by atoms with Crippen molar-refractivity contribution in [2.45, 2.75) is 24.2 Å². The lowest BCUT2D eigenvalue weighted by atomic mass is 10.2. The number of ether oxygens (including phenoxy) is 1. The second-order valence-electron chi connectivity index (χ2n) is 7.50. The zero-order chi connectivity index (χ0) is 24.3. The van der Waals surface area contributed by atoms with Crippen molar-refractivity contribution >= 4 is 39.3 Å². The number of aromatic nitrogens is 2. The molecule has 178 valence electrons. The fraction of sp³-hybridized carbons (Fsp3) is 0.400. The molecule has 1 saturated heterocycles. The Bertz CT molecular complexity index is 1310. The molecule has 1 aliphatic heterocycles. The van der Waals surface area contributed by atoms with E-state index in [9.17, 15) is 27.6 Å². The summed E-state index contributed by atoms with van der Waals surface area (Å²) < 4.78 is 34.0. The van der Waals surface area contributed by atoms with Gasteiger partial charge in [0.05, 0.1) is 15.5 Å². The number of nitrogens with one attached hydrogen (secondary N) is 1. The van der Waals surface area contributed by atoms with Crippen LogP contribution >= 0.6 is 11.6 Å². The third kappa shape index (κ3) is 5.34. The first-order chi connectivity index (χ1) is 15.5. The van der Waals surface area contributed by atoms with Crippen LogP contribution in [0.5, 0.6) is 0 Å². The lowest BCUT2D eigenvalue weighted by Gasteiger charge is -2.26. The summed E-state index contributed by atoms with van der Waals surface area (Å²) in [5.41, 5.74) is -1.47. The molecule has 0 atom stereocenters. The van der Waals surface area contributed by atoms with Crippen LogP contribution in [-0.4, -0.2) is 53.4 Å². The lowest BCUT2D eigenvalue weighted by Crippen LogP contribution is -2.38. The van der Waals surface area contributed by atoms with Gasteiger partial charge in [-0.1, -0.05) is 18.0 Å². The van der Waals surface area contributed by atoms with E-state index >= 15 is 0 Å². The van der Waals surface area contributed by atoms with Gasteiger partial charge in [0.25, 0.3) is 11.5 Å². The van der Waals surface area contributed by atoms with Crippen molar-refractivity contribution < 1.29 is 22.7 Å². The average molecular weight is 499 g/mol. The molecule has 0 aliphatic carbocycles. The summed E-state index contributed by atoms with van der Waals surface area (Å²) >= 11 is 6.06. The highest BCUT2D eigenvalue weighted by Gasteiger charge is 2.27. The van der Waals surface area contributed by atoms with Gasteiger partial charge < -0.3 is 10.1 Å². The second-order valence-corrected chi connectivity index (χ2v) is 9.84. The zero-order valence-corrected chi connectivity index (χ0v) is 19.6. The van der Waals surface area contributed by atoms with Gasteiger partial charge in [0.15, 0.2) is 6.61 Å². The first-order valence-electron chi connectivity index (χ1n) is 10.1. The van der Waals surface area contributed by atoms with Crippen molar-refractivity contribution in [2.24, 2.45) is 14.1 Å². The van der Waals surface area contributed by atoms with E-state index in [-0.39, 0.29) is 21.3 Å². The average Bonchev–Trinajstić information content (AvgIpc) is 2.80. The highest BCUT2D eigenvalue weighted by Crippen LogP contribution is 2.25. The molecule has 0 radical (unpaired) electrons. The topological polar surface area (TPSA) is 137 Å². The van der Waals surface area contributed by atoms with Crippen LogP contribution in [0.2, 0.25) is 5.02 Å². The maximum atomic E-state index is 12.9. The highest BCUT2D eigenvalue weighted by atomic mass is 35.5. The van der Waals surface area contributed by atoms with E-state index in [2.05, 4.69) is 5.32 Å². The number of esters is 1. The van der Waals surface area contributed by atoms with E-state index in [4.69, 9.17) is 16.3 Å². The number of hydrogen-bond acceptors (Lipinski definition) is 7. The van der Waals surface area contributed by atoms with Crippen LogP contribution in [0.25, 0.3) is 0 Å². The van der Waals surface area contributed by atoms with Crippen LogP contribution in [-0.2, 0) is 33.7 Å². The molecule has 1 aliphatic rings. The minimum Gasteiger partial charge on any atom is -0.452 e. The molecular formula is C20H23ClN4O7S. The molecule has 2 aromatic rings. The standard InChI is InChI=1S/C20H23ClN4O7S/c1-23-16(11-18(27)24(2)20(23)29)22-17(26)12-32-19(28)14-10-13(6-7-15(14)21)33(30,31)25-8-4-3-5-9-25/h6-7,10-11H,3-5,8-9,12H2,1-2H3,(H,22,26). The third-order valence-electron chi connectivity index (χ3n) is 5.24. The minimum absolute atomic E-state index is 0.0352. The summed E-state index contributed by atoms with van der Waals surface area (Å²) in [6.07, 6.45) is 2.48. The Morgan fingerprint density at radius 3 is 2.39 bits per heavy atom. The number of hydrogen-bond donors (Lipinski definition) is 1. The van der Waals surface area contributed by atoms with Crippen molar-refractivity contribution in [3.63, 3.8) is 0 Å². The van der Waals surface area contributed by atoms with Crippen molar-refractivity contribution in [1.29, 1.82) is 0 Å². The summed E-state index contributed by atoms with van der Waals surface area (Å²) in [6.45, 7) is 0.0493. The van der Waals surface area contributed by atoms with Crippen molar-refractivity contribution in [2.75, 3.05) is 25.0 Å². The Labute approximate surface area is 194 Å².